The molecule has 5 aromatic rings. The number of rotatable bonds is 2. The first-order valence-corrected chi connectivity index (χ1v) is 12.7. The van der Waals surface area contributed by atoms with Gasteiger partial charge in [0.1, 0.15) is 31.1 Å². The van der Waals surface area contributed by atoms with Crippen molar-refractivity contribution < 1.29 is 51.6 Å². The predicted octanol–water partition coefficient (Wildman–Crippen LogP) is 3.55. The topological polar surface area (TPSA) is 121 Å². The number of imide groups is 1. The lowest BCUT2D eigenvalue weighted by Crippen LogP contribution is -2.56. The van der Waals surface area contributed by atoms with Crippen molar-refractivity contribution in [3.63, 3.8) is 0 Å². The molecule has 3 aromatic carbocycles. The summed E-state index contributed by atoms with van der Waals surface area (Å²) in [4.78, 5) is 26.1. The van der Waals surface area contributed by atoms with Gasteiger partial charge < -0.3 is 24.6 Å². The molecule has 40 heavy (non-hydrogen) atoms. The van der Waals surface area contributed by atoms with Crippen LogP contribution in [0.4, 0.5) is 22.0 Å². The van der Waals surface area contributed by atoms with Crippen LogP contribution in [0.25, 0.3) is 42.0 Å². The van der Waals surface area contributed by atoms with E-state index in [0.717, 1.165) is 40.2 Å². The molecule has 4 N–H and O–H groups in total. The number of aliphatic hydroxyl groups is 3. The Morgan fingerprint density at radius 3 is 2.10 bits per heavy atom. The Bertz CT molecular complexity index is 1970. The van der Waals surface area contributed by atoms with Gasteiger partial charge in [-0.1, -0.05) is 0 Å². The molecule has 0 saturated carbocycles. The molecule has 14 heteroatoms. The number of benzene rings is 3. The number of nitrogens with zero attached hydrogens (tertiary/aromatic N) is 1. The lowest BCUT2D eigenvalue weighted by atomic mass is 9.96. The Morgan fingerprint density at radius 2 is 1.43 bits per heavy atom. The van der Waals surface area contributed by atoms with Crippen LogP contribution in [0.1, 0.15) is 26.9 Å². The molecule has 8 nitrogen and oxygen atoms in total. The van der Waals surface area contributed by atoms with E-state index >= 15 is 0 Å². The predicted molar refractivity (Wildman–Crippen MR) is 132 cm³/mol. The van der Waals surface area contributed by atoms with Gasteiger partial charge in [0.25, 0.3) is 11.8 Å². The molecule has 206 valence electrons. The highest BCUT2D eigenvalue weighted by molar-refractivity contribution is 7.26. The van der Waals surface area contributed by atoms with E-state index in [0.29, 0.717) is 0 Å². The number of amides is 2. The van der Waals surface area contributed by atoms with E-state index in [-0.39, 0.29) is 53.1 Å². The number of halogens is 5. The Hall–Kier alpha value is -3.69. The summed E-state index contributed by atoms with van der Waals surface area (Å²) in [6.45, 7) is -1.29. The zero-order chi connectivity index (χ0) is 28.4. The van der Waals surface area contributed by atoms with Gasteiger partial charge in [-0.05, 0) is 18.2 Å². The summed E-state index contributed by atoms with van der Waals surface area (Å²) in [5, 5.41) is 33.7. The van der Waals surface area contributed by atoms with E-state index in [1.165, 1.54) is 0 Å². The summed E-state index contributed by atoms with van der Waals surface area (Å²) in [5.41, 5.74) is -0.669. The third kappa shape index (κ3) is 3.13. The number of ether oxygens (including phenoxy) is 1. The Balaban J connectivity index is 1.74. The highest BCUT2D eigenvalue weighted by Gasteiger charge is 2.46. The van der Waals surface area contributed by atoms with E-state index in [9.17, 15) is 46.9 Å². The van der Waals surface area contributed by atoms with Gasteiger partial charge in [0, 0.05) is 32.3 Å². The number of fused-ring (bicyclic) bond motifs is 10. The van der Waals surface area contributed by atoms with Gasteiger partial charge in [-0.15, -0.1) is 11.3 Å². The molecule has 2 aliphatic heterocycles. The highest BCUT2D eigenvalue weighted by Crippen LogP contribution is 2.49. The quantitative estimate of drug-likeness (QED) is 0.188. The molecule has 7 rings (SSSR count). The second-order valence-electron chi connectivity index (χ2n) is 9.67. The molecule has 0 radical (unpaired) electrons. The Labute approximate surface area is 222 Å². The first-order chi connectivity index (χ1) is 19.0. The van der Waals surface area contributed by atoms with Crippen molar-refractivity contribution in [1.82, 2.24) is 9.88 Å². The molecule has 1 fully saturated rings. The normalized spacial score (nSPS) is 25.1. The van der Waals surface area contributed by atoms with Crippen LogP contribution in [-0.4, -0.2) is 62.8 Å². The fraction of sp³-hybridized carbons (Fsp3) is 0.231. The van der Waals surface area contributed by atoms with Gasteiger partial charge in [0.15, 0.2) is 29.5 Å². The molecule has 2 aromatic heterocycles. The van der Waals surface area contributed by atoms with E-state index in [4.69, 9.17) is 4.74 Å². The highest BCUT2D eigenvalue weighted by atomic mass is 32.1. The van der Waals surface area contributed by atoms with Gasteiger partial charge in [-0.3, -0.25) is 14.9 Å². The van der Waals surface area contributed by atoms with Gasteiger partial charge >= 0.3 is 0 Å². The second-order valence-corrected chi connectivity index (χ2v) is 10.7. The van der Waals surface area contributed by atoms with Crippen LogP contribution in [-0.2, 0) is 4.74 Å². The van der Waals surface area contributed by atoms with Gasteiger partial charge in [-0.2, -0.15) is 0 Å². The van der Waals surface area contributed by atoms with Crippen LogP contribution in [0, 0.1) is 23.3 Å². The number of hydrogen-bond donors (Lipinski definition) is 4. The summed E-state index contributed by atoms with van der Waals surface area (Å²) in [5.74, 6) is -6.83. The molecular formula is C26H15F5N2O6S. The summed E-state index contributed by atoms with van der Waals surface area (Å²) in [6, 6.07) is 3.25. The lowest BCUT2D eigenvalue weighted by molar-refractivity contribution is -0.245. The van der Waals surface area contributed by atoms with E-state index < -0.39 is 72.4 Å². The first-order valence-electron chi connectivity index (χ1n) is 11.8. The SMILES string of the molecule is O=C1NC(=O)c2c1c1c3cc(F)c(F)cc3sc1c1c2c2cc(F)c(F)cc2n1[C@@H]1O[C@H](CF)[C@@H](O)[C@H](O)[C@H]1O. The van der Waals surface area contributed by atoms with Gasteiger partial charge in [0.05, 0.1) is 26.9 Å². The molecule has 1 saturated heterocycles. The number of aromatic nitrogens is 1. The van der Waals surface area contributed by atoms with Crippen molar-refractivity contribution in [2.45, 2.75) is 30.6 Å². The lowest BCUT2D eigenvalue weighted by Gasteiger charge is -2.40. The summed E-state index contributed by atoms with van der Waals surface area (Å²) < 4.78 is 78.6. The van der Waals surface area contributed by atoms with Crippen molar-refractivity contribution in [3.05, 3.63) is 58.7 Å². The van der Waals surface area contributed by atoms with Crippen LogP contribution in [0.5, 0.6) is 0 Å². The zero-order valence-electron chi connectivity index (χ0n) is 19.7. The Morgan fingerprint density at radius 1 is 0.825 bits per heavy atom. The molecule has 4 heterocycles. The first kappa shape index (κ1) is 25.3. The molecule has 0 spiro atoms. The maximum Gasteiger partial charge on any atom is 0.259 e. The van der Waals surface area contributed by atoms with Crippen molar-refractivity contribution in [1.29, 1.82) is 0 Å². The maximum absolute atomic E-state index is 14.6. The van der Waals surface area contributed by atoms with Crippen molar-refractivity contribution in [3.8, 4) is 0 Å². The molecule has 2 amide bonds. The van der Waals surface area contributed by atoms with Crippen LogP contribution in [0.2, 0.25) is 0 Å². The second kappa shape index (κ2) is 8.41. The number of carbonyl (C=O) groups is 2. The molecule has 0 bridgehead atoms. The molecule has 0 aliphatic carbocycles. The van der Waals surface area contributed by atoms with Crippen molar-refractivity contribution in [2.24, 2.45) is 0 Å². The van der Waals surface area contributed by atoms with E-state index in [2.05, 4.69) is 5.32 Å². The Kier molecular flexibility index (Phi) is 5.32. The zero-order valence-corrected chi connectivity index (χ0v) is 20.5. The minimum atomic E-state index is -1.94. The summed E-state index contributed by atoms with van der Waals surface area (Å²) in [7, 11) is 0. The molecular weight excluding hydrogens is 563 g/mol. The third-order valence-electron chi connectivity index (χ3n) is 7.52. The van der Waals surface area contributed by atoms with Crippen LogP contribution in [0.15, 0.2) is 24.3 Å². The number of hydrogen-bond acceptors (Lipinski definition) is 7. The fourth-order valence-corrected chi connectivity index (χ4v) is 7.02. The van der Waals surface area contributed by atoms with Gasteiger partial charge in [0.2, 0.25) is 0 Å². The number of nitrogens with one attached hydrogen (secondary N) is 1. The monoisotopic (exact) mass is 578 g/mol. The third-order valence-corrected chi connectivity index (χ3v) is 8.68. The fourth-order valence-electron chi connectivity index (χ4n) is 5.76. The average molecular weight is 578 g/mol. The number of thiophene rings is 1. The number of alkyl halides is 1. The summed E-state index contributed by atoms with van der Waals surface area (Å²) in [6.07, 6.45) is -9.06. The van der Waals surface area contributed by atoms with Crippen molar-refractivity contribution >= 4 is 65.1 Å². The maximum atomic E-state index is 14.6. The molecule has 5 atom stereocenters. The average Bonchev–Trinajstić information content (AvgIpc) is 3.52. The van der Waals surface area contributed by atoms with Gasteiger partial charge in [-0.25, -0.2) is 22.0 Å². The minimum absolute atomic E-state index is 0.0303. The largest absolute Gasteiger partial charge is 0.387 e. The number of carbonyl (C=O) groups excluding carboxylic acids is 2. The smallest absolute Gasteiger partial charge is 0.259 e. The number of aliphatic hydroxyl groups excluding tert-OH is 3. The van der Waals surface area contributed by atoms with E-state index in [1.807, 2.05) is 0 Å². The minimum Gasteiger partial charge on any atom is -0.387 e. The standard InChI is InChI=1S/C26H15F5N2O6S/c27-5-13-20(34)21(35)22(36)26(39-13)33-12-3-10(30)8(28)1-6(12)15-17-18(25(38)32-24(17)37)16-7-2-9(29)11(31)4-14(7)40-23(16)19(15)33/h1-4,13,20-22,26,34-36H,5H2,(H,32,37,38)/t13-,20-,21+,22-,26-/m1/s1. The summed E-state index contributed by atoms with van der Waals surface area (Å²) >= 11 is 0.865. The molecule has 2 aliphatic rings. The van der Waals surface area contributed by atoms with Crippen molar-refractivity contribution in [2.75, 3.05) is 6.67 Å². The van der Waals surface area contributed by atoms with Crippen LogP contribution in [0.3, 0.4) is 0 Å². The van der Waals surface area contributed by atoms with Crippen LogP contribution >= 0.6 is 11.3 Å². The van der Waals surface area contributed by atoms with E-state index in [1.54, 1.807) is 0 Å². The molecule has 0 unspecified atom stereocenters. The van der Waals surface area contributed by atoms with Crippen LogP contribution < -0.4 is 5.32 Å².